The number of esters is 1. The predicted molar refractivity (Wildman–Crippen MR) is 64.6 cm³/mol. The van der Waals surface area contributed by atoms with E-state index >= 15 is 0 Å². The molecular weight excluding hydrogens is 256 g/mol. The van der Waals surface area contributed by atoms with Crippen molar-refractivity contribution in [1.82, 2.24) is 5.32 Å². The van der Waals surface area contributed by atoms with Crippen LogP contribution in [0.4, 0.5) is 0 Å². The molecule has 0 heterocycles. The summed E-state index contributed by atoms with van der Waals surface area (Å²) < 4.78 is 4.38. The second-order valence-electron chi connectivity index (χ2n) is 2.83. The van der Waals surface area contributed by atoms with Crippen LogP contribution in [-0.4, -0.2) is 54.8 Å². The lowest BCUT2D eigenvalue weighted by Crippen LogP contribution is -2.51. The van der Waals surface area contributed by atoms with Crippen LogP contribution in [0.15, 0.2) is 0 Å². The van der Waals surface area contributed by atoms with E-state index in [4.69, 9.17) is 10.8 Å². The summed E-state index contributed by atoms with van der Waals surface area (Å²) in [6.45, 7) is -0.510. The number of aliphatic hydroxyl groups is 1. The molecule has 1 amide bonds. The summed E-state index contributed by atoms with van der Waals surface area (Å²) in [5, 5.41) is 11.1. The van der Waals surface area contributed by atoms with E-state index in [1.54, 1.807) is 0 Å². The number of thioether (sulfide) groups is 1. The maximum Gasteiger partial charge on any atom is 0.330 e. The Morgan fingerprint density at radius 1 is 1.56 bits per heavy atom. The minimum absolute atomic E-state index is 0. The van der Waals surface area contributed by atoms with E-state index in [1.807, 2.05) is 6.26 Å². The molecule has 0 bridgehead atoms. The van der Waals surface area contributed by atoms with E-state index < -0.39 is 30.6 Å². The van der Waals surface area contributed by atoms with Gasteiger partial charge in [-0.15, -0.1) is 12.4 Å². The van der Waals surface area contributed by atoms with Crippen molar-refractivity contribution in [3.8, 4) is 0 Å². The van der Waals surface area contributed by atoms with Gasteiger partial charge in [0.1, 0.15) is 0 Å². The first-order chi connectivity index (χ1) is 7.06. The predicted octanol–water partition coefficient (Wildman–Crippen LogP) is -1.25. The number of carbonyl (C=O) groups is 2. The number of rotatable bonds is 6. The van der Waals surface area contributed by atoms with Gasteiger partial charge in [-0.2, -0.15) is 11.8 Å². The van der Waals surface area contributed by atoms with Crippen molar-refractivity contribution in [3.63, 3.8) is 0 Å². The number of aliphatic hydroxyl groups excluding tert-OH is 1. The Hall–Kier alpha value is -0.500. The van der Waals surface area contributed by atoms with Crippen molar-refractivity contribution < 1.29 is 19.4 Å². The van der Waals surface area contributed by atoms with E-state index in [-0.39, 0.29) is 12.4 Å². The van der Waals surface area contributed by atoms with E-state index in [0.717, 1.165) is 0 Å². The number of nitrogens with one attached hydrogen (secondary N) is 1. The highest BCUT2D eigenvalue weighted by Crippen LogP contribution is 1.96. The first kappa shape index (κ1) is 17.9. The molecule has 4 N–H and O–H groups in total. The van der Waals surface area contributed by atoms with Gasteiger partial charge < -0.3 is 20.9 Å². The first-order valence-electron chi connectivity index (χ1n) is 4.30. The van der Waals surface area contributed by atoms with Crippen molar-refractivity contribution in [2.45, 2.75) is 12.1 Å². The number of hydrogen-bond acceptors (Lipinski definition) is 6. The zero-order chi connectivity index (χ0) is 11.8. The monoisotopic (exact) mass is 272 g/mol. The van der Waals surface area contributed by atoms with Gasteiger partial charge in [-0.3, -0.25) is 4.79 Å². The van der Waals surface area contributed by atoms with Crippen molar-refractivity contribution in [2.75, 3.05) is 25.7 Å². The number of halogens is 1. The molecule has 0 saturated carbocycles. The van der Waals surface area contributed by atoms with Crippen molar-refractivity contribution in [3.05, 3.63) is 0 Å². The number of ether oxygens (including phenoxy) is 1. The molecule has 0 aliphatic rings. The Kier molecular flexibility index (Phi) is 10.8. The molecule has 2 unspecified atom stereocenters. The van der Waals surface area contributed by atoms with Crippen LogP contribution in [0.25, 0.3) is 0 Å². The Labute approximate surface area is 105 Å². The molecule has 0 fully saturated rings. The summed E-state index contributed by atoms with van der Waals surface area (Å²) in [6, 6.07) is -1.74. The molecule has 0 radical (unpaired) electrons. The molecule has 0 aliphatic heterocycles. The minimum atomic E-state index is -1.05. The number of methoxy groups -OCH3 is 1. The van der Waals surface area contributed by atoms with Gasteiger partial charge in [0, 0.05) is 5.75 Å². The fraction of sp³-hybridized carbons (Fsp3) is 0.750. The SMILES string of the molecule is COC(=O)C(CO)NC(=O)C(N)CSC.Cl. The van der Waals surface area contributed by atoms with E-state index in [2.05, 4.69) is 10.1 Å². The van der Waals surface area contributed by atoms with Crippen LogP contribution >= 0.6 is 24.2 Å². The highest BCUT2D eigenvalue weighted by molar-refractivity contribution is 7.98. The molecule has 16 heavy (non-hydrogen) atoms. The molecule has 0 aromatic carbocycles. The van der Waals surface area contributed by atoms with Gasteiger partial charge in [0.15, 0.2) is 6.04 Å². The molecule has 8 heteroatoms. The fourth-order valence-electron chi connectivity index (χ4n) is 0.855. The second-order valence-corrected chi connectivity index (χ2v) is 3.74. The van der Waals surface area contributed by atoms with Crippen LogP contribution in [0.3, 0.4) is 0 Å². The first-order valence-corrected chi connectivity index (χ1v) is 5.69. The quantitative estimate of drug-likeness (QED) is 0.522. The minimum Gasteiger partial charge on any atom is -0.467 e. The Morgan fingerprint density at radius 2 is 2.12 bits per heavy atom. The molecule has 0 aromatic rings. The second kappa shape index (κ2) is 9.71. The van der Waals surface area contributed by atoms with Crippen molar-refractivity contribution in [2.24, 2.45) is 5.73 Å². The number of nitrogens with two attached hydrogens (primary N) is 1. The number of amides is 1. The lowest BCUT2D eigenvalue weighted by Gasteiger charge is -2.16. The summed E-state index contributed by atoms with van der Waals surface area (Å²) in [5.74, 6) is -0.721. The summed E-state index contributed by atoms with van der Waals surface area (Å²) in [7, 11) is 1.18. The third kappa shape index (κ3) is 6.16. The van der Waals surface area contributed by atoms with Gasteiger partial charge in [0.05, 0.1) is 19.8 Å². The fourth-order valence-corrected chi connectivity index (χ4v) is 1.37. The Bertz CT molecular complexity index is 230. The van der Waals surface area contributed by atoms with Crippen molar-refractivity contribution >= 4 is 36.0 Å². The zero-order valence-electron chi connectivity index (χ0n) is 9.13. The van der Waals surface area contributed by atoms with Gasteiger partial charge in [0.25, 0.3) is 0 Å². The molecule has 0 rings (SSSR count). The van der Waals surface area contributed by atoms with Gasteiger partial charge >= 0.3 is 5.97 Å². The standard InChI is InChI=1S/C8H16N2O4S.ClH/c1-14-8(13)6(3-11)10-7(12)5(9)4-15-2;/h5-6,11H,3-4,9H2,1-2H3,(H,10,12);1H. The van der Waals surface area contributed by atoms with Gasteiger partial charge in [-0.25, -0.2) is 4.79 Å². The van der Waals surface area contributed by atoms with E-state index in [9.17, 15) is 9.59 Å². The highest BCUT2D eigenvalue weighted by atomic mass is 35.5. The molecular formula is C8H17ClN2O4S. The summed E-state index contributed by atoms with van der Waals surface area (Å²) in [4.78, 5) is 22.4. The third-order valence-corrected chi connectivity index (χ3v) is 2.36. The van der Waals surface area contributed by atoms with Crippen LogP contribution < -0.4 is 11.1 Å². The van der Waals surface area contributed by atoms with Crippen LogP contribution in [0, 0.1) is 0 Å². The summed E-state index contributed by atoms with van der Waals surface area (Å²) in [5.41, 5.74) is 5.51. The molecule has 0 aromatic heterocycles. The van der Waals surface area contributed by atoms with E-state index in [0.29, 0.717) is 5.75 Å². The van der Waals surface area contributed by atoms with Gasteiger partial charge in [-0.05, 0) is 6.26 Å². The smallest absolute Gasteiger partial charge is 0.330 e. The van der Waals surface area contributed by atoms with Crippen LogP contribution in [0.2, 0.25) is 0 Å². The van der Waals surface area contributed by atoms with Gasteiger partial charge in [0.2, 0.25) is 5.91 Å². The largest absolute Gasteiger partial charge is 0.467 e. The maximum atomic E-state index is 11.4. The average molecular weight is 273 g/mol. The topological polar surface area (TPSA) is 102 Å². The number of carbonyl (C=O) groups excluding carboxylic acids is 2. The average Bonchev–Trinajstić information content (AvgIpc) is 2.24. The number of hydrogen-bond donors (Lipinski definition) is 3. The van der Waals surface area contributed by atoms with Crippen LogP contribution in [-0.2, 0) is 14.3 Å². The lowest BCUT2D eigenvalue weighted by molar-refractivity contribution is -0.146. The molecule has 2 atom stereocenters. The summed E-state index contributed by atoms with van der Waals surface area (Å²) >= 11 is 1.42. The highest BCUT2D eigenvalue weighted by Gasteiger charge is 2.23. The molecule has 0 saturated heterocycles. The lowest BCUT2D eigenvalue weighted by atomic mass is 10.2. The Morgan fingerprint density at radius 3 is 2.50 bits per heavy atom. The Balaban J connectivity index is 0. The van der Waals surface area contributed by atoms with Crippen LogP contribution in [0.5, 0.6) is 0 Å². The third-order valence-electron chi connectivity index (χ3n) is 1.67. The molecule has 6 nitrogen and oxygen atoms in total. The van der Waals surface area contributed by atoms with Gasteiger partial charge in [-0.1, -0.05) is 0 Å². The van der Waals surface area contributed by atoms with Crippen LogP contribution in [0.1, 0.15) is 0 Å². The van der Waals surface area contributed by atoms with E-state index in [1.165, 1.54) is 18.9 Å². The molecule has 96 valence electrons. The maximum absolute atomic E-state index is 11.4. The summed E-state index contributed by atoms with van der Waals surface area (Å²) in [6.07, 6.45) is 1.82. The zero-order valence-corrected chi connectivity index (χ0v) is 10.8. The van der Waals surface area contributed by atoms with Crippen molar-refractivity contribution in [1.29, 1.82) is 0 Å². The normalized spacial score (nSPS) is 13.2. The molecule has 0 aliphatic carbocycles. The molecule has 0 spiro atoms.